The highest BCUT2D eigenvalue weighted by atomic mass is 16.5. The molecule has 116 valence electrons. The molecular weight excluding hydrogens is 274 g/mol. The van der Waals surface area contributed by atoms with Crippen molar-refractivity contribution in [3.8, 4) is 5.75 Å². The molecule has 1 atom stereocenters. The van der Waals surface area contributed by atoms with Crippen molar-refractivity contribution in [1.29, 1.82) is 0 Å². The van der Waals surface area contributed by atoms with Crippen LogP contribution in [0.5, 0.6) is 5.75 Å². The second kappa shape index (κ2) is 8.23. The van der Waals surface area contributed by atoms with E-state index in [2.05, 4.69) is 0 Å². The zero-order valence-corrected chi connectivity index (χ0v) is 13.2. The van der Waals surface area contributed by atoms with Gasteiger partial charge >= 0.3 is 0 Å². The van der Waals surface area contributed by atoms with Crippen LogP contribution in [0.3, 0.4) is 0 Å². The lowest BCUT2D eigenvalue weighted by Gasteiger charge is -2.25. The van der Waals surface area contributed by atoms with Gasteiger partial charge in [0.05, 0.1) is 12.6 Å². The number of benzene rings is 2. The highest BCUT2D eigenvalue weighted by Gasteiger charge is 2.16. The molecule has 0 aliphatic heterocycles. The normalized spacial score (nSPS) is 11.7. The van der Waals surface area contributed by atoms with Gasteiger partial charge in [-0.15, -0.1) is 0 Å². The number of hydrogen-bond acceptors (Lipinski definition) is 2. The van der Waals surface area contributed by atoms with Gasteiger partial charge in [-0.3, -0.25) is 4.79 Å². The van der Waals surface area contributed by atoms with Crippen LogP contribution in [0, 0.1) is 0 Å². The van der Waals surface area contributed by atoms with E-state index in [0.717, 1.165) is 17.7 Å². The zero-order valence-electron chi connectivity index (χ0n) is 13.2. The highest BCUT2D eigenvalue weighted by molar-refractivity contribution is 5.76. The van der Waals surface area contributed by atoms with E-state index >= 15 is 0 Å². The predicted octanol–water partition coefficient (Wildman–Crippen LogP) is 4.07. The number of hydrogen-bond donors (Lipinski definition) is 0. The Kier molecular flexibility index (Phi) is 6.01. The maximum absolute atomic E-state index is 12.2. The number of nitrogens with zero attached hydrogens (tertiary/aromatic N) is 1. The second-order valence-corrected chi connectivity index (χ2v) is 5.36. The van der Waals surface area contributed by atoms with Crippen LogP contribution in [0.15, 0.2) is 60.7 Å². The minimum Gasteiger partial charge on any atom is -0.494 e. The Hall–Kier alpha value is -2.29. The smallest absolute Gasteiger partial charge is 0.222 e. The Morgan fingerprint density at radius 3 is 2.27 bits per heavy atom. The molecule has 0 bridgehead atoms. The molecule has 0 aliphatic carbocycles. The van der Waals surface area contributed by atoms with Crippen molar-refractivity contribution in [1.82, 2.24) is 4.90 Å². The van der Waals surface area contributed by atoms with Crippen molar-refractivity contribution in [2.45, 2.75) is 25.8 Å². The molecule has 0 radical (unpaired) electrons. The predicted molar refractivity (Wildman–Crippen MR) is 88.8 cm³/mol. The molecule has 2 aromatic rings. The van der Waals surface area contributed by atoms with Crippen LogP contribution < -0.4 is 4.74 Å². The fourth-order valence-corrected chi connectivity index (χ4v) is 2.28. The largest absolute Gasteiger partial charge is 0.494 e. The molecule has 0 N–H and O–H groups in total. The first-order chi connectivity index (χ1) is 10.7. The van der Waals surface area contributed by atoms with Crippen LogP contribution in [0.1, 0.15) is 31.4 Å². The maximum atomic E-state index is 12.2. The van der Waals surface area contributed by atoms with Crippen molar-refractivity contribution in [2.24, 2.45) is 0 Å². The molecule has 0 saturated carbocycles. The van der Waals surface area contributed by atoms with E-state index in [-0.39, 0.29) is 11.9 Å². The minimum atomic E-state index is 0.0868. The quantitative estimate of drug-likeness (QED) is 0.721. The average molecular weight is 297 g/mol. The topological polar surface area (TPSA) is 29.5 Å². The molecular formula is C19H23NO2. The summed E-state index contributed by atoms with van der Waals surface area (Å²) in [6.45, 7) is 2.61. The molecule has 3 heteroatoms. The summed E-state index contributed by atoms with van der Waals surface area (Å²) >= 11 is 0. The number of amides is 1. The third-order valence-electron chi connectivity index (χ3n) is 3.80. The third kappa shape index (κ3) is 4.62. The molecule has 0 aliphatic rings. The van der Waals surface area contributed by atoms with Gasteiger partial charge in [-0.05, 0) is 31.0 Å². The fraction of sp³-hybridized carbons (Fsp3) is 0.316. The summed E-state index contributed by atoms with van der Waals surface area (Å²) in [5, 5.41) is 0. The van der Waals surface area contributed by atoms with Crippen LogP contribution in [0.2, 0.25) is 0 Å². The number of ether oxygens (including phenoxy) is 1. The lowest BCUT2D eigenvalue weighted by Crippen LogP contribution is -2.29. The van der Waals surface area contributed by atoms with Crippen molar-refractivity contribution in [3.05, 3.63) is 66.2 Å². The van der Waals surface area contributed by atoms with Crippen molar-refractivity contribution in [2.75, 3.05) is 13.7 Å². The van der Waals surface area contributed by atoms with E-state index in [1.54, 1.807) is 4.90 Å². The van der Waals surface area contributed by atoms with Gasteiger partial charge in [0.2, 0.25) is 5.91 Å². The summed E-state index contributed by atoms with van der Waals surface area (Å²) in [5.74, 6) is 0.994. The van der Waals surface area contributed by atoms with E-state index in [0.29, 0.717) is 13.0 Å². The van der Waals surface area contributed by atoms with Crippen molar-refractivity contribution < 1.29 is 9.53 Å². The number of carbonyl (C=O) groups excluding carboxylic acids is 1. The maximum Gasteiger partial charge on any atom is 0.222 e. The molecule has 2 rings (SSSR count). The zero-order chi connectivity index (χ0) is 15.8. The Bertz CT molecular complexity index is 569. The van der Waals surface area contributed by atoms with E-state index < -0.39 is 0 Å². The van der Waals surface area contributed by atoms with Gasteiger partial charge in [0.1, 0.15) is 5.75 Å². The monoisotopic (exact) mass is 297 g/mol. The molecule has 0 fully saturated rings. The van der Waals surface area contributed by atoms with Crippen LogP contribution in [0.25, 0.3) is 0 Å². The summed E-state index contributed by atoms with van der Waals surface area (Å²) < 4.78 is 5.61. The summed E-state index contributed by atoms with van der Waals surface area (Å²) in [6, 6.07) is 19.8. The summed E-state index contributed by atoms with van der Waals surface area (Å²) in [4.78, 5) is 14.0. The second-order valence-electron chi connectivity index (χ2n) is 5.36. The molecule has 0 heterocycles. The first-order valence-corrected chi connectivity index (χ1v) is 7.67. The summed E-state index contributed by atoms with van der Waals surface area (Å²) in [5.41, 5.74) is 1.15. The Labute approximate surface area is 132 Å². The first kappa shape index (κ1) is 16.1. The van der Waals surface area contributed by atoms with Gasteiger partial charge in [0.15, 0.2) is 0 Å². The molecule has 3 nitrogen and oxygen atoms in total. The van der Waals surface area contributed by atoms with E-state index in [9.17, 15) is 4.79 Å². The number of rotatable bonds is 7. The minimum absolute atomic E-state index is 0.0868. The van der Waals surface area contributed by atoms with Crippen LogP contribution >= 0.6 is 0 Å². The highest BCUT2D eigenvalue weighted by Crippen LogP contribution is 2.19. The SMILES string of the molecule is CC(c1ccccc1)N(C)C(=O)CCCOc1ccccc1. The Balaban J connectivity index is 1.75. The van der Waals surface area contributed by atoms with E-state index in [1.807, 2.05) is 74.6 Å². The molecule has 0 saturated heterocycles. The molecule has 1 amide bonds. The molecule has 2 aromatic carbocycles. The van der Waals surface area contributed by atoms with E-state index in [1.165, 1.54) is 0 Å². The van der Waals surface area contributed by atoms with Crippen molar-refractivity contribution in [3.63, 3.8) is 0 Å². The lowest BCUT2D eigenvalue weighted by atomic mass is 10.1. The number of para-hydroxylation sites is 1. The average Bonchev–Trinajstić information content (AvgIpc) is 2.59. The molecule has 22 heavy (non-hydrogen) atoms. The molecule has 0 aromatic heterocycles. The van der Waals surface area contributed by atoms with Crippen LogP contribution in [-0.2, 0) is 4.79 Å². The Morgan fingerprint density at radius 2 is 1.64 bits per heavy atom. The van der Waals surface area contributed by atoms with Gasteiger partial charge in [0.25, 0.3) is 0 Å². The first-order valence-electron chi connectivity index (χ1n) is 7.67. The summed E-state index contributed by atoms with van der Waals surface area (Å²) in [6.07, 6.45) is 1.22. The van der Waals surface area contributed by atoms with Gasteiger partial charge < -0.3 is 9.64 Å². The van der Waals surface area contributed by atoms with Gasteiger partial charge in [-0.25, -0.2) is 0 Å². The third-order valence-corrected chi connectivity index (χ3v) is 3.80. The fourth-order valence-electron chi connectivity index (χ4n) is 2.28. The van der Waals surface area contributed by atoms with Gasteiger partial charge in [-0.1, -0.05) is 48.5 Å². The molecule has 1 unspecified atom stereocenters. The lowest BCUT2D eigenvalue weighted by molar-refractivity contribution is -0.132. The van der Waals surface area contributed by atoms with Crippen molar-refractivity contribution >= 4 is 5.91 Å². The van der Waals surface area contributed by atoms with Crippen LogP contribution in [0.4, 0.5) is 0 Å². The van der Waals surface area contributed by atoms with E-state index in [4.69, 9.17) is 4.74 Å². The number of carbonyl (C=O) groups is 1. The van der Waals surface area contributed by atoms with Gasteiger partial charge in [0, 0.05) is 13.5 Å². The molecule has 0 spiro atoms. The Morgan fingerprint density at radius 1 is 1.05 bits per heavy atom. The van der Waals surface area contributed by atoms with Gasteiger partial charge in [-0.2, -0.15) is 0 Å². The summed E-state index contributed by atoms with van der Waals surface area (Å²) in [7, 11) is 1.86. The standard InChI is InChI=1S/C19H23NO2/c1-16(17-10-5-3-6-11-17)20(2)19(21)14-9-15-22-18-12-7-4-8-13-18/h3-8,10-13,16H,9,14-15H2,1-2H3. The van der Waals surface area contributed by atoms with Crippen LogP contribution in [-0.4, -0.2) is 24.5 Å².